The molecule has 0 aromatic heterocycles. The van der Waals surface area contributed by atoms with Gasteiger partial charge in [-0.15, -0.1) is 0 Å². The molecule has 0 aliphatic carbocycles. The maximum atomic E-state index is 12.3. The number of benzene rings is 2. The quantitative estimate of drug-likeness (QED) is 0.413. The largest absolute Gasteiger partial charge is 0.366 e. The highest BCUT2D eigenvalue weighted by Gasteiger charge is 2.35. The summed E-state index contributed by atoms with van der Waals surface area (Å²) in [7, 11) is 0. The van der Waals surface area contributed by atoms with Gasteiger partial charge in [-0.25, -0.2) is 0 Å². The van der Waals surface area contributed by atoms with Gasteiger partial charge in [-0.1, -0.05) is 70.7 Å². The van der Waals surface area contributed by atoms with Crippen LogP contribution in [0.2, 0.25) is 20.1 Å². The van der Waals surface area contributed by atoms with Crippen molar-refractivity contribution in [2.45, 2.75) is 39.0 Å². The number of nitrogens with zero attached hydrogens (tertiary/aromatic N) is 2. The lowest BCUT2D eigenvalue weighted by molar-refractivity contribution is -0.115. The van der Waals surface area contributed by atoms with Crippen molar-refractivity contribution in [3.8, 4) is 0 Å². The van der Waals surface area contributed by atoms with Crippen molar-refractivity contribution in [1.29, 1.82) is 0 Å². The summed E-state index contributed by atoms with van der Waals surface area (Å²) in [6.07, 6.45) is 7.42. The van der Waals surface area contributed by atoms with E-state index in [0.717, 1.165) is 11.1 Å². The molecular weight excluding hydrogens is 566 g/mol. The molecule has 0 saturated carbocycles. The van der Waals surface area contributed by atoms with Crippen LogP contribution >= 0.6 is 46.4 Å². The van der Waals surface area contributed by atoms with Crippen LogP contribution in [0.1, 0.15) is 25.0 Å². The lowest BCUT2D eigenvalue weighted by Crippen LogP contribution is -2.49. The number of carbonyl (C=O) groups is 2. The maximum absolute atomic E-state index is 12.3. The number of rotatable bonds is 7. The van der Waals surface area contributed by atoms with E-state index in [0.29, 0.717) is 55.5 Å². The molecule has 2 heterocycles. The van der Waals surface area contributed by atoms with Crippen LogP contribution in [-0.2, 0) is 22.7 Å². The fourth-order valence-electron chi connectivity index (χ4n) is 4.73. The van der Waals surface area contributed by atoms with Crippen LogP contribution in [0.4, 0.5) is 0 Å². The Balaban J connectivity index is 1.82. The Hall–Kier alpha value is -2.90. The Kier molecular flexibility index (Phi) is 8.48. The summed E-state index contributed by atoms with van der Waals surface area (Å²) < 4.78 is 0. The summed E-state index contributed by atoms with van der Waals surface area (Å²) in [5.41, 5.74) is 15.0. The van der Waals surface area contributed by atoms with Crippen LogP contribution in [0.3, 0.4) is 0 Å². The lowest BCUT2D eigenvalue weighted by atomic mass is 9.90. The molecule has 0 saturated heterocycles. The average Bonchev–Trinajstić information content (AvgIpc) is 2.84. The molecule has 2 aliphatic rings. The molecule has 0 spiro atoms. The highest BCUT2D eigenvalue weighted by Crippen LogP contribution is 2.35. The van der Waals surface area contributed by atoms with Crippen molar-refractivity contribution in [1.82, 2.24) is 9.80 Å². The van der Waals surface area contributed by atoms with Crippen LogP contribution in [0.15, 0.2) is 83.2 Å². The summed E-state index contributed by atoms with van der Waals surface area (Å²) in [5, 5.41) is 2.01. The van der Waals surface area contributed by atoms with Gasteiger partial charge in [-0.3, -0.25) is 9.59 Å². The first-order chi connectivity index (χ1) is 18.0. The standard InChI is InChI=1S/C28H26Cl4N4O2/c1-15-9-25(35(11-17(15)27(33)37)13-19-21(29)5-3-6-22(19)30)26-10-16(2)18(28(34)38)12-36(26)14-20-23(31)7-4-8-24(20)32/h3-12,25-26H,13-14H2,1-2H3,(H2,33,37)(H2,34,38)/t25-,26-/m1/s1. The molecule has 0 fully saturated rings. The topological polar surface area (TPSA) is 92.7 Å². The number of amides is 2. The first-order valence-electron chi connectivity index (χ1n) is 11.8. The summed E-state index contributed by atoms with van der Waals surface area (Å²) >= 11 is 26.0. The predicted molar refractivity (Wildman–Crippen MR) is 154 cm³/mol. The van der Waals surface area contributed by atoms with Gasteiger partial charge in [-0.2, -0.15) is 0 Å². The van der Waals surface area contributed by atoms with E-state index in [1.165, 1.54) is 0 Å². The zero-order valence-electron chi connectivity index (χ0n) is 20.7. The van der Waals surface area contributed by atoms with E-state index in [2.05, 4.69) is 0 Å². The molecule has 0 radical (unpaired) electrons. The van der Waals surface area contributed by atoms with Crippen molar-refractivity contribution in [2.75, 3.05) is 0 Å². The van der Waals surface area contributed by atoms with Crippen molar-refractivity contribution in [2.24, 2.45) is 11.5 Å². The SMILES string of the molecule is CC1=C[C@H]([C@H]2C=C(C)C(C(N)=O)=CN2Cc2c(Cl)cccc2Cl)N(Cc2c(Cl)cccc2Cl)C=C1C(N)=O. The lowest BCUT2D eigenvalue weighted by Gasteiger charge is -2.44. The fraction of sp³-hybridized carbons (Fsp3) is 0.214. The van der Waals surface area contributed by atoms with Crippen molar-refractivity contribution >= 4 is 58.2 Å². The van der Waals surface area contributed by atoms with Crippen LogP contribution in [-0.4, -0.2) is 33.7 Å². The molecule has 4 N–H and O–H groups in total. The van der Waals surface area contributed by atoms with Gasteiger partial charge in [0, 0.05) is 56.7 Å². The first kappa shape index (κ1) is 28.1. The molecule has 2 atom stereocenters. The Labute approximate surface area is 241 Å². The van der Waals surface area contributed by atoms with E-state index in [1.807, 2.05) is 35.8 Å². The Morgan fingerprint density at radius 2 is 1.00 bits per heavy atom. The second-order valence-corrected chi connectivity index (χ2v) is 10.9. The van der Waals surface area contributed by atoms with Crippen LogP contribution in [0.5, 0.6) is 0 Å². The van der Waals surface area contributed by atoms with E-state index in [-0.39, 0.29) is 12.1 Å². The van der Waals surface area contributed by atoms with Crippen molar-refractivity contribution in [3.63, 3.8) is 0 Å². The summed E-state index contributed by atoms with van der Waals surface area (Å²) in [6.45, 7) is 4.28. The molecular formula is C28H26Cl4N4O2. The molecule has 10 heteroatoms. The van der Waals surface area contributed by atoms with Gasteiger partial charge >= 0.3 is 0 Å². The number of hydrogen-bond acceptors (Lipinski definition) is 4. The summed E-state index contributed by atoms with van der Waals surface area (Å²) in [4.78, 5) is 28.4. The van der Waals surface area contributed by atoms with Crippen LogP contribution in [0, 0.1) is 0 Å². The molecule has 2 aromatic rings. The molecule has 198 valence electrons. The Morgan fingerprint density at radius 3 is 1.29 bits per heavy atom. The average molecular weight is 592 g/mol. The number of hydrogen-bond donors (Lipinski definition) is 2. The molecule has 4 rings (SSSR count). The van der Waals surface area contributed by atoms with Crippen LogP contribution in [0.25, 0.3) is 0 Å². The van der Waals surface area contributed by atoms with Gasteiger partial charge in [0.2, 0.25) is 11.8 Å². The monoisotopic (exact) mass is 590 g/mol. The van der Waals surface area contributed by atoms with Crippen molar-refractivity contribution < 1.29 is 9.59 Å². The van der Waals surface area contributed by atoms with Gasteiger partial charge in [0.05, 0.1) is 23.2 Å². The van der Waals surface area contributed by atoms with E-state index in [4.69, 9.17) is 57.9 Å². The molecule has 2 aliphatic heterocycles. The van der Waals surface area contributed by atoms with E-state index in [9.17, 15) is 9.59 Å². The molecule has 2 amide bonds. The van der Waals surface area contributed by atoms with Gasteiger partial charge < -0.3 is 21.3 Å². The molecule has 6 nitrogen and oxygen atoms in total. The van der Waals surface area contributed by atoms with E-state index < -0.39 is 11.8 Å². The third kappa shape index (κ3) is 5.74. The summed E-state index contributed by atoms with van der Waals surface area (Å²) in [6, 6.07) is 9.98. The summed E-state index contributed by atoms with van der Waals surface area (Å²) in [5.74, 6) is -1.09. The maximum Gasteiger partial charge on any atom is 0.250 e. The normalized spacial score (nSPS) is 19.4. The Morgan fingerprint density at radius 1 is 0.684 bits per heavy atom. The number of carbonyl (C=O) groups excluding carboxylic acids is 2. The molecule has 0 unspecified atom stereocenters. The van der Waals surface area contributed by atoms with Crippen molar-refractivity contribution in [3.05, 3.63) is 114 Å². The second-order valence-electron chi connectivity index (χ2n) is 9.24. The molecule has 0 bridgehead atoms. The molecule has 2 aromatic carbocycles. The Bertz CT molecular complexity index is 1280. The number of nitrogens with two attached hydrogens (primary N) is 2. The predicted octanol–water partition coefficient (Wildman–Crippen LogP) is 6.00. The highest BCUT2D eigenvalue weighted by atomic mass is 35.5. The zero-order chi connectivity index (χ0) is 27.7. The van der Waals surface area contributed by atoms with Gasteiger partial charge in [0.15, 0.2) is 0 Å². The second kappa shape index (κ2) is 11.5. The van der Waals surface area contributed by atoms with E-state index in [1.54, 1.807) is 48.8 Å². The third-order valence-electron chi connectivity index (χ3n) is 6.73. The number of primary amides is 2. The number of halogens is 4. The van der Waals surface area contributed by atoms with Gasteiger partial charge in [0.25, 0.3) is 0 Å². The minimum Gasteiger partial charge on any atom is -0.366 e. The highest BCUT2D eigenvalue weighted by molar-refractivity contribution is 6.36. The van der Waals surface area contributed by atoms with Gasteiger partial charge in [0.1, 0.15) is 0 Å². The third-order valence-corrected chi connectivity index (χ3v) is 8.15. The first-order valence-corrected chi connectivity index (χ1v) is 13.3. The van der Waals surface area contributed by atoms with Gasteiger partial charge in [-0.05, 0) is 49.3 Å². The fourth-order valence-corrected chi connectivity index (χ4v) is 5.76. The van der Waals surface area contributed by atoms with E-state index >= 15 is 0 Å². The van der Waals surface area contributed by atoms with Crippen LogP contribution < -0.4 is 11.5 Å². The molecule has 38 heavy (non-hydrogen) atoms. The minimum atomic E-state index is -0.543. The minimum absolute atomic E-state index is 0.306. The smallest absolute Gasteiger partial charge is 0.250 e. The zero-order valence-corrected chi connectivity index (χ0v) is 23.7.